The Kier molecular flexibility index (Phi) is 5.83. The first kappa shape index (κ1) is 22.2. The molecule has 0 aliphatic rings. The molecule has 3 aromatic carbocycles. The summed E-state index contributed by atoms with van der Waals surface area (Å²) in [6, 6.07) is 20.4. The van der Waals surface area contributed by atoms with Gasteiger partial charge in [-0.1, -0.05) is 65.1 Å². The van der Waals surface area contributed by atoms with E-state index >= 15 is 0 Å². The number of carbonyl (C=O) groups excluding carboxylic acids is 1. The van der Waals surface area contributed by atoms with E-state index < -0.39 is 16.7 Å². The number of rotatable bonds is 4. The van der Waals surface area contributed by atoms with Crippen LogP contribution in [0, 0.1) is 0 Å². The number of halogens is 3. The largest absolute Gasteiger partial charge is 0.422 e. The highest BCUT2D eigenvalue weighted by atomic mass is 35.5. The summed E-state index contributed by atoms with van der Waals surface area (Å²) in [4.78, 5) is 30.7. The smallest absolute Gasteiger partial charge is 0.347 e. The molecule has 0 radical (unpaired) electrons. The van der Waals surface area contributed by atoms with Gasteiger partial charge in [0, 0.05) is 10.4 Å². The maximum atomic E-state index is 13.4. The molecule has 1 N–H and O–H groups in total. The molecule has 168 valence electrons. The van der Waals surface area contributed by atoms with Crippen LogP contribution in [0.3, 0.4) is 0 Å². The lowest BCUT2D eigenvalue weighted by Crippen LogP contribution is -2.21. The van der Waals surface area contributed by atoms with Crippen molar-refractivity contribution in [2.45, 2.75) is 0 Å². The number of para-hydroxylation sites is 3. The lowest BCUT2D eigenvalue weighted by Gasteiger charge is -2.08. The molecule has 0 aliphatic carbocycles. The molecule has 0 bridgehead atoms. The Morgan fingerprint density at radius 2 is 1.76 bits per heavy atom. The third kappa shape index (κ3) is 4.05. The van der Waals surface area contributed by atoms with Gasteiger partial charge in [0.2, 0.25) is 5.17 Å². The van der Waals surface area contributed by atoms with Crippen LogP contribution in [-0.4, -0.2) is 20.6 Å². The molecule has 2 heterocycles. The Hall–Kier alpha value is -3.65. The first-order valence-corrected chi connectivity index (χ1v) is 11.1. The summed E-state index contributed by atoms with van der Waals surface area (Å²) < 4.78 is 6.67. The van der Waals surface area contributed by atoms with Gasteiger partial charge in [-0.3, -0.25) is 14.8 Å². The highest BCUT2D eigenvalue weighted by Crippen LogP contribution is 2.27. The quantitative estimate of drug-likeness (QED) is 0.171. The molecule has 5 rings (SSSR count). The van der Waals surface area contributed by atoms with Crippen molar-refractivity contribution in [3.05, 3.63) is 93.3 Å². The van der Waals surface area contributed by atoms with Gasteiger partial charge >= 0.3 is 5.63 Å². The van der Waals surface area contributed by atoms with Crippen molar-refractivity contribution in [1.82, 2.24) is 9.55 Å². The van der Waals surface area contributed by atoms with E-state index in [0.29, 0.717) is 37.7 Å². The van der Waals surface area contributed by atoms with Crippen LogP contribution in [0.5, 0.6) is 0 Å². The topological polar surface area (TPSA) is 89.5 Å². The number of hydrogen-bond donors (Lipinski definition) is 1. The van der Waals surface area contributed by atoms with E-state index in [2.05, 4.69) is 15.5 Å². The normalized spacial score (nSPS) is 11.8. The van der Waals surface area contributed by atoms with Crippen LogP contribution in [0.4, 0.5) is 5.69 Å². The number of nitrogens with zero attached hydrogens (tertiary/aromatic N) is 3. The van der Waals surface area contributed by atoms with Gasteiger partial charge in [-0.15, -0.1) is 0 Å². The van der Waals surface area contributed by atoms with Crippen LogP contribution >= 0.6 is 34.8 Å². The number of fused-ring (bicyclic) bond motifs is 2. The molecule has 0 fully saturated rings. The van der Waals surface area contributed by atoms with E-state index in [9.17, 15) is 9.59 Å². The maximum Gasteiger partial charge on any atom is 0.347 e. The Balaban J connectivity index is 1.62. The lowest BCUT2D eigenvalue weighted by atomic mass is 10.2. The van der Waals surface area contributed by atoms with Gasteiger partial charge in [0.25, 0.3) is 5.91 Å². The van der Waals surface area contributed by atoms with Crippen LogP contribution in [0.1, 0.15) is 4.79 Å². The SMILES string of the molecule is O=C(/C(Cl)=N/Nc1ccc(Cl)cc1Cl)n1c(-c2cc3ccccc3oc2=O)nc2ccccc21. The molecule has 0 atom stereocenters. The highest BCUT2D eigenvalue weighted by Gasteiger charge is 2.24. The number of benzene rings is 3. The Labute approximate surface area is 207 Å². The summed E-state index contributed by atoms with van der Waals surface area (Å²) in [7, 11) is 0. The second-order valence-electron chi connectivity index (χ2n) is 7.19. The third-order valence-corrected chi connectivity index (χ3v) is 5.82. The fraction of sp³-hybridized carbons (Fsp3) is 0. The highest BCUT2D eigenvalue weighted by molar-refractivity contribution is 6.83. The average molecular weight is 512 g/mol. The first-order chi connectivity index (χ1) is 16.4. The molecule has 0 unspecified atom stereocenters. The fourth-order valence-corrected chi connectivity index (χ4v) is 4.04. The minimum Gasteiger partial charge on any atom is -0.422 e. The number of hydrogen-bond acceptors (Lipinski definition) is 6. The van der Waals surface area contributed by atoms with Crippen LogP contribution in [0.15, 0.2) is 87.1 Å². The van der Waals surface area contributed by atoms with E-state index in [0.717, 1.165) is 0 Å². The van der Waals surface area contributed by atoms with Crippen molar-refractivity contribution in [3.8, 4) is 11.4 Å². The molecule has 0 saturated carbocycles. The molecule has 34 heavy (non-hydrogen) atoms. The molecular weight excluding hydrogens is 499 g/mol. The van der Waals surface area contributed by atoms with Crippen molar-refractivity contribution in [2.75, 3.05) is 5.43 Å². The summed E-state index contributed by atoms with van der Waals surface area (Å²) >= 11 is 18.3. The molecule has 10 heteroatoms. The van der Waals surface area contributed by atoms with Gasteiger partial charge in [-0.25, -0.2) is 9.78 Å². The summed E-state index contributed by atoms with van der Waals surface area (Å²) in [5.74, 6) is -0.612. The van der Waals surface area contributed by atoms with Crippen LogP contribution < -0.4 is 11.1 Å². The zero-order valence-electron chi connectivity index (χ0n) is 17.1. The molecule has 7 nitrogen and oxygen atoms in total. The van der Waals surface area contributed by atoms with Gasteiger partial charge < -0.3 is 4.42 Å². The monoisotopic (exact) mass is 510 g/mol. The Morgan fingerprint density at radius 1 is 1.00 bits per heavy atom. The van der Waals surface area contributed by atoms with Crippen molar-refractivity contribution in [2.24, 2.45) is 5.10 Å². The summed E-state index contributed by atoms with van der Waals surface area (Å²) in [6.45, 7) is 0. The van der Waals surface area contributed by atoms with E-state index in [1.165, 1.54) is 10.6 Å². The van der Waals surface area contributed by atoms with Crippen LogP contribution in [0.2, 0.25) is 10.0 Å². The average Bonchev–Trinajstić information content (AvgIpc) is 3.21. The van der Waals surface area contributed by atoms with E-state index in [1.54, 1.807) is 60.7 Å². The minimum atomic E-state index is -0.699. The van der Waals surface area contributed by atoms with E-state index in [1.807, 2.05) is 6.07 Å². The van der Waals surface area contributed by atoms with Crippen LogP contribution in [-0.2, 0) is 0 Å². The van der Waals surface area contributed by atoms with Gasteiger partial charge in [-0.2, -0.15) is 5.10 Å². The van der Waals surface area contributed by atoms with E-state index in [-0.39, 0.29) is 11.4 Å². The number of anilines is 1. The number of carbonyl (C=O) groups is 1. The summed E-state index contributed by atoms with van der Waals surface area (Å²) in [6.07, 6.45) is 0. The van der Waals surface area contributed by atoms with Crippen molar-refractivity contribution in [1.29, 1.82) is 0 Å². The van der Waals surface area contributed by atoms with E-state index in [4.69, 9.17) is 39.2 Å². The van der Waals surface area contributed by atoms with Crippen molar-refractivity contribution >= 4 is 73.6 Å². The number of hydrazone groups is 1. The molecule has 0 saturated heterocycles. The zero-order valence-corrected chi connectivity index (χ0v) is 19.4. The summed E-state index contributed by atoms with van der Waals surface area (Å²) in [5.41, 5.74) is 3.91. The predicted molar refractivity (Wildman–Crippen MR) is 135 cm³/mol. The summed E-state index contributed by atoms with van der Waals surface area (Å²) in [5, 5.41) is 4.99. The number of aromatic nitrogens is 2. The van der Waals surface area contributed by atoms with Gasteiger partial charge in [0.05, 0.1) is 21.7 Å². The standard InChI is InChI=1S/C24H13Cl3N4O3/c25-14-9-10-17(16(26)12-14)29-30-21(27)23(32)31-19-7-3-2-6-18(19)28-22(31)15-11-13-5-1-4-8-20(13)34-24(15)33/h1-12,29H/b30-21-. The first-order valence-electron chi connectivity index (χ1n) is 9.92. The molecule has 0 spiro atoms. The van der Waals surface area contributed by atoms with Gasteiger partial charge in [0.1, 0.15) is 11.1 Å². The number of imidazole rings is 1. The second kappa shape index (κ2) is 8.95. The van der Waals surface area contributed by atoms with Crippen molar-refractivity contribution in [3.63, 3.8) is 0 Å². The Morgan fingerprint density at radius 3 is 2.59 bits per heavy atom. The zero-order chi connectivity index (χ0) is 23.8. The molecule has 5 aromatic rings. The maximum absolute atomic E-state index is 13.4. The minimum absolute atomic E-state index is 0.0866. The molecule has 0 aliphatic heterocycles. The third-order valence-electron chi connectivity index (χ3n) is 5.03. The van der Waals surface area contributed by atoms with Gasteiger partial charge in [0.15, 0.2) is 5.82 Å². The molecule has 2 aromatic heterocycles. The second-order valence-corrected chi connectivity index (χ2v) is 8.39. The number of nitrogens with one attached hydrogen (secondary N) is 1. The Bertz CT molecular complexity index is 1670. The lowest BCUT2D eigenvalue weighted by molar-refractivity contribution is 0.0999. The molecular formula is C24H13Cl3N4O3. The van der Waals surface area contributed by atoms with Crippen molar-refractivity contribution < 1.29 is 9.21 Å². The molecule has 0 amide bonds. The van der Waals surface area contributed by atoms with Crippen LogP contribution in [0.25, 0.3) is 33.4 Å². The van der Waals surface area contributed by atoms with Gasteiger partial charge in [-0.05, 0) is 42.5 Å². The predicted octanol–water partition coefficient (Wildman–Crippen LogP) is 6.42. The fourth-order valence-electron chi connectivity index (χ4n) is 3.46.